The van der Waals surface area contributed by atoms with Gasteiger partial charge in [-0.25, -0.2) is 4.68 Å². The van der Waals surface area contributed by atoms with Crippen LogP contribution in [0.1, 0.15) is 49.3 Å². The molecule has 0 saturated heterocycles. The van der Waals surface area contributed by atoms with Crippen molar-refractivity contribution in [3.05, 3.63) is 40.0 Å². The molecule has 21 heavy (non-hydrogen) atoms. The molecule has 2 aliphatic rings. The van der Waals surface area contributed by atoms with E-state index >= 15 is 0 Å². The standard InChI is InChI=1S/C17H20BrN3/c18-14-8-4-5-9-15(14)21-17-13(10-11-19-17)16(20-21)12-6-2-1-3-7-12/h4-5,8-9,12,19H,1-3,6-7,10-11H2. The van der Waals surface area contributed by atoms with Crippen LogP contribution in [0, 0.1) is 0 Å². The van der Waals surface area contributed by atoms with Gasteiger partial charge in [0.2, 0.25) is 0 Å². The van der Waals surface area contributed by atoms with Gasteiger partial charge in [0, 0.05) is 22.5 Å². The summed E-state index contributed by atoms with van der Waals surface area (Å²) in [6, 6.07) is 8.33. The first-order valence-corrected chi connectivity index (χ1v) is 8.74. The Morgan fingerprint density at radius 1 is 1.14 bits per heavy atom. The average molecular weight is 346 g/mol. The summed E-state index contributed by atoms with van der Waals surface area (Å²) in [6.07, 6.45) is 7.83. The SMILES string of the molecule is Brc1ccccc1-n1nc(C2CCCCC2)c2c1NCC2. The monoisotopic (exact) mass is 345 g/mol. The third kappa shape index (κ3) is 2.30. The zero-order chi connectivity index (χ0) is 14.2. The summed E-state index contributed by atoms with van der Waals surface area (Å²) in [5.74, 6) is 1.87. The first-order chi connectivity index (χ1) is 10.3. The normalized spacial score (nSPS) is 18.5. The van der Waals surface area contributed by atoms with E-state index in [1.807, 2.05) is 6.07 Å². The minimum atomic E-state index is 0.663. The van der Waals surface area contributed by atoms with E-state index in [-0.39, 0.29) is 0 Å². The van der Waals surface area contributed by atoms with Gasteiger partial charge in [0.1, 0.15) is 5.82 Å². The van der Waals surface area contributed by atoms with E-state index in [1.54, 1.807) is 0 Å². The number of nitrogens with zero attached hydrogens (tertiary/aromatic N) is 2. The van der Waals surface area contributed by atoms with Gasteiger partial charge < -0.3 is 5.32 Å². The van der Waals surface area contributed by atoms with Crippen molar-refractivity contribution in [1.82, 2.24) is 9.78 Å². The number of nitrogens with one attached hydrogen (secondary N) is 1. The summed E-state index contributed by atoms with van der Waals surface area (Å²) in [5, 5.41) is 8.54. The summed E-state index contributed by atoms with van der Waals surface area (Å²) in [4.78, 5) is 0. The van der Waals surface area contributed by atoms with Gasteiger partial charge in [-0.1, -0.05) is 31.4 Å². The van der Waals surface area contributed by atoms with E-state index in [1.165, 1.54) is 49.2 Å². The molecular formula is C17H20BrN3. The van der Waals surface area contributed by atoms with Gasteiger partial charge in [-0.3, -0.25) is 0 Å². The maximum Gasteiger partial charge on any atom is 0.133 e. The van der Waals surface area contributed by atoms with Crippen LogP contribution in [-0.4, -0.2) is 16.3 Å². The summed E-state index contributed by atoms with van der Waals surface area (Å²) in [6.45, 7) is 1.04. The number of para-hydroxylation sites is 1. The molecule has 0 unspecified atom stereocenters. The Balaban J connectivity index is 1.80. The number of benzene rings is 1. The average Bonchev–Trinajstić information content (AvgIpc) is 3.11. The third-order valence-corrected chi connectivity index (χ3v) is 5.43. The fraction of sp³-hybridized carbons (Fsp3) is 0.471. The Bertz CT molecular complexity index is 656. The van der Waals surface area contributed by atoms with Crippen molar-refractivity contribution in [1.29, 1.82) is 0 Å². The zero-order valence-corrected chi connectivity index (χ0v) is 13.7. The van der Waals surface area contributed by atoms with Gasteiger partial charge in [-0.05, 0) is 47.3 Å². The van der Waals surface area contributed by atoms with Gasteiger partial charge in [0.15, 0.2) is 0 Å². The Labute approximate surface area is 133 Å². The smallest absolute Gasteiger partial charge is 0.133 e. The predicted molar refractivity (Wildman–Crippen MR) is 89.3 cm³/mol. The molecule has 0 atom stereocenters. The number of anilines is 1. The van der Waals surface area contributed by atoms with Crippen molar-refractivity contribution in [3.63, 3.8) is 0 Å². The molecule has 0 spiro atoms. The Morgan fingerprint density at radius 3 is 2.76 bits per heavy atom. The van der Waals surface area contributed by atoms with E-state index in [0.717, 1.165) is 23.1 Å². The van der Waals surface area contributed by atoms with E-state index in [9.17, 15) is 0 Å². The number of hydrogen-bond donors (Lipinski definition) is 1. The van der Waals surface area contributed by atoms with Crippen molar-refractivity contribution in [2.45, 2.75) is 44.4 Å². The Hall–Kier alpha value is -1.29. The van der Waals surface area contributed by atoms with Crippen LogP contribution < -0.4 is 5.32 Å². The molecule has 3 nitrogen and oxygen atoms in total. The first kappa shape index (κ1) is 13.4. The van der Waals surface area contributed by atoms with Crippen LogP contribution in [0.3, 0.4) is 0 Å². The van der Waals surface area contributed by atoms with Gasteiger partial charge in [-0.2, -0.15) is 5.10 Å². The minimum absolute atomic E-state index is 0.663. The lowest BCUT2D eigenvalue weighted by Gasteiger charge is -2.20. The largest absolute Gasteiger partial charge is 0.369 e. The maximum atomic E-state index is 5.01. The second kappa shape index (κ2) is 5.48. The molecule has 0 amide bonds. The van der Waals surface area contributed by atoms with E-state index in [2.05, 4.69) is 44.1 Å². The second-order valence-corrected chi connectivity index (χ2v) is 6.94. The minimum Gasteiger partial charge on any atom is -0.369 e. The quantitative estimate of drug-likeness (QED) is 0.858. The number of aromatic nitrogens is 2. The highest BCUT2D eigenvalue weighted by atomic mass is 79.9. The first-order valence-electron chi connectivity index (χ1n) is 7.95. The van der Waals surface area contributed by atoms with Crippen molar-refractivity contribution < 1.29 is 0 Å². The molecule has 110 valence electrons. The lowest BCUT2D eigenvalue weighted by Crippen LogP contribution is -2.09. The summed E-state index contributed by atoms with van der Waals surface area (Å²) in [7, 11) is 0. The maximum absolute atomic E-state index is 5.01. The molecule has 1 aromatic carbocycles. The predicted octanol–water partition coefficient (Wildman–Crippen LogP) is 4.65. The summed E-state index contributed by atoms with van der Waals surface area (Å²) in [5.41, 5.74) is 3.94. The van der Waals surface area contributed by atoms with Crippen molar-refractivity contribution in [2.24, 2.45) is 0 Å². The van der Waals surface area contributed by atoms with Crippen LogP contribution in [0.5, 0.6) is 0 Å². The highest BCUT2D eigenvalue weighted by Crippen LogP contribution is 2.39. The molecule has 0 bridgehead atoms. The molecule has 4 rings (SSSR count). The topological polar surface area (TPSA) is 29.9 Å². The highest BCUT2D eigenvalue weighted by molar-refractivity contribution is 9.10. The zero-order valence-electron chi connectivity index (χ0n) is 12.1. The van der Waals surface area contributed by atoms with Crippen molar-refractivity contribution >= 4 is 21.7 Å². The van der Waals surface area contributed by atoms with Gasteiger partial charge in [0.05, 0.1) is 11.4 Å². The lowest BCUT2D eigenvalue weighted by molar-refractivity contribution is 0.433. The molecule has 1 N–H and O–H groups in total. The third-order valence-electron chi connectivity index (χ3n) is 4.75. The van der Waals surface area contributed by atoms with Gasteiger partial charge in [-0.15, -0.1) is 0 Å². The van der Waals surface area contributed by atoms with E-state index < -0.39 is 0 Å². The lowest BCUT2D eigenvalue weighted by atomic mass is 9.85. The number of rotatable bonds is 2. The summed E-state index contributed by atoms with van der Waals surface area (Å²) >= 11 is 3.66. The Kier molecular flexibility index (Phi) is 3.49. The van der Waals surface area contributed by atoms with E-state index in [4.69, 9.17) is 5.10 Å². The van der Waals surface area contributed by atoms with Crippen LogP contribution >= 0.6 is 15.9 Å². The van der Waals surface area contributed by atoms with Crippen LogP contribution in [0.2, 0.25) is 0 Å². The van der Waals surface area contributed by atoms with E-state index in [0.29, 0.717) is 5.92 Å². The molecule has 1 aliphatic carbocycles. The van der Waals surface area contributed by atoms with Crippen LogP contribution in [0.15, 0.2) is 28.7 Å². The Morgan fingerprint density at radius 2 is 1.95 bits per heavy atom. The van der Waals surface area contributed by atoms with Gasteiger partial charge in [0.25, 0.3) is 0 Å². The molecule has 1 aliphatic heterocycles. The van der Waals surface area contributed by atoms with Crippen molar-refractivity contribution in [3.8, 4) is 5.69 Å². The number of hydrogen-bond acceptors (Lipinski definition) is 2. The molecule has 4 heteroatoms. The van der Waals surface area contributed by atoms with Crippen molar-refractivity contribution in [2.75, 3.05) is 11.9 Å². The van der Waals surface area contributed by atoms with Crippen LogP contribution in [-0.2, 0) is 6.42 Å². The molecular weight excluding hydrogens is 326 g/mol. The van der Waals surface area contributed by atoms with Crippen LogP contribution in [0.4, 0.5) is 5.82 Å². The number of halogens is 1. The molecule has 1 aromatic heterocycles. The second-order valence-electron chi connectivity index (χ2n) is 6.09. The molecule has 1 saturated carbocycles. The van der Waals surface area contributed by atoms with Gasteiger partial charge >= 0.3 is 0 Å². The fourth-order valence-corrected chi connectivity index (χ4v) is 4.16. The molecule has 2 aromatic rings. The molecule has 1 fully saturated rings. The number of fused-ring (bicyclic) bond motifs is 1. The summed E-state index contributed by atoms with van der Waals surface area (Å²) < 4.78 is 3.20. The molecule has 2 heterocycles. The van der Waals surface area contributed by atoms with Crippen LogP contribution in [0.25, 0.3) is 5.69 Å². The fourth-order valence-electron chi connectivity index (χ4n) is 3.70. The highest BCUT2D eigenvalue weighted by Gasteiger charge is 2.28. The molecule has 0 radical (unpaired) electrons.